The standard InChI is InChI=1S/C18H22N4O2/c1-10(2)16(17(19)23)22-18-13-8-12-6-4-5-7-15(12)24-9-14(13)20-11(3)21-18/h4-7,10,16H,8-9H2,1-3H3,(H2,19,23)(H,20,21,22)/t16-/m0/s1. The largest absolute Gasteiger partial charge is 0.487 e. The maximum atomic E-state index is 11.8. The first-order valence-corrected chi connectivity index (χ1v) is 8.08. The number of nitrogens with zero attached hydrogens (tertiary/aromatic N) is 2. The molecule has 0 saturated carbocycles. The van der Waals surface area contributed by atoms with Gasteiger partial charge < -0.3 is 15.8 Å². The van der Waals surface area contributed by atoms with Crippen molar-refractivity contribution in [3.63, 3.8) is 0 Å². The summed E-state index contributed by atoms with van der Waals surface area (Å²) in [4.78, 5) is 20.8. The summed E-state index contributed by atoms with van der Waals surface area (Å²) in [6, 6.07) is 7.43. The molecule has 1 aliphatic rings. The zero-order chi connectivity index (χ0) is 17.3. The summed E-state index contributed by atoms with van der Waals surface area (Å²) in [5.41, 5.74) is 8.41. The summed E-state index contributed by atoms with van der Waals surface area (Å²) in [7, 11) is 0. The number of para-hydroxylation sites is 1. The van der Waals surface area contributed by atoms with Crippen LogP contribution in [0.4, 0.5) is 5.82 Å². The van der Waals surface area contributed by atoms with E-state index >= 15 is 0 Å². The number of aromatic nitrogens is 2. The number of amides is 1. The number of hydrogen-bond donors (Lipinski definition) is 2. The van der Waals surface area contributed by atoms with Gasteiger partial charge in [-0.3, -0.25) is 4.79 Å². The minimum atomic E-state index is -0.484. The molecule has 0 bridgehead atoms. The van der Waals surface area contributed by atoms with Gasteiger partial charge in [0.15, 0.2) is 0 Å². The fourth-order valence-electron chi connectivity index (χ4n) is 2.92. The quantitative estimate of drug-likeness (QED) is 0.899. The third-order valence-corrected chi connectivity index (χ3v) is 4.17. The van der Waals surface area contributed by atoms with Crippen LogP contribution in [0, 0.1) is 12.8 Å². The fraction of sp³-hybridized carbons (Fsp3) is 0.389. The number of ether oxygens (including phenoxy) is 1. The number of benzene rings is 1. The molecule has 2 aromatic rings. The van der Waals surface area contributed by atoms with E-state index in [2.05, 4.69) is 15.3 Å². The van der Waals surface area contributed by atoms with Crippen molar-refractivity contribution in [3.8, 4) is 5.75 Å². The van der Waals surface area contributed by atoms with E-state index in [0.29, 0.717) is 24.7 Å². The molecule has 6 nitrogen and oxygen atoms in total. The van der Waals surface area contributed by atoms with Crippen molar-refractivity contribution in [2.75, 3.05) is 5.32 Å². The van der Waals surface area contributed by atoms with Crippen molar-refractivity contribution in [1.29, 1.82) is 0 Å². The van der Waals surface area contributed by atoms with E-state index in [1.54, 1.807) is 0 Å². The third-order valence-electron chi connectivity index (χ3n) is 4.17. The van der Waals surface area contributed by atoms with Crippen LogP contribution in [0.2, 0.25) is 0 Å². The molecule has 24 heavy (non-hydrogen) atoms. The number of hydrogen-bond acceptors (Lipinski definition) is 5. The molecule has 0 radical (unpaired) electrons. The number of fused-ring (bicyclic) bond motifs is 2. The summed E-state index contributed by atoms with van der Waals surface area (Å²) in [6.45, 7) is 6.12. The SMILES string of the molecule is Cc1nc2c(c(N[C@H](C(N)=O)C(C)C)n1)Cc1ccccc1OC2. The van der Waals surface area contributed by atoms with E-state index in [4.69, 9.17) is 10.5 Å². The van der Waals surface area contributed by atoms with Crippen LogP contribution in [-0.2, 0) is 17.8 Å². The molecule has 1 aliphatic heterocycles. The topological polar surface area (TPSA) is 90.1 Å². The molecule has 1 atom stereocenters. The van der Waals surface area contributed by atoms with Gasteiger partial charge in [0.25, 0.3) is 0 Å². The molecule has 1 amide bonds. The summed E-state index contributed by atoms with van der Waals surface area (Å²) in [5, 5.41) is 3.22. The van der Waals surface area contributed by atoms with Gasteiger partial charge >= 0.3 is 0 Å². The molecule has 0 unspecified atom stereocenters. The zero-order valence-electron chi connectivity index (χ0n) is 14.2. The van der Waals surface area contributed by atoms with E-state index in [1.807, 2.05) is 45.0 Å². The first-order chi connectivity index (χ1) is 11.5. The molecule has 2 heterocycles. The Kier molecular flexibility index (Phi) is 4.38. The second-order valence-electron chi connectivity index (χ2n) is 6.39. The number of carbonyl (C=O) groups excluding carboxylic acids is 1. The van der Waals surface area contributed by atoms with Gasteiger partial charge in [0.05, 0.1) is 5.69 Å². The molecular formula is C18H22N4O2. The molecule has 0 saturated heterocycles. The molecule has 0 fully saturated rings. The Morgan fingerprint density at radius 3 is 2.75 bits per heavy atom. The number of anilines is 1. The highest BCUT2D eigenvalue weighted by Crippen LogP contribution is 2.31. The second-order valence-corrected chi connectivity index (χ2v) is 6.39. The first-order valence-electron chi connectivity index (χ1n) is 8.08. The lowest BCUT2D eigenvalue weighted by atomic mass is 10.0. The van der Waals surface area contributed by atoms with E-state index in [-0.39, 0.29) is 11.8 Å². The van der Waals surface area contributed by atoms with Crippen molar-refractivity contribution in [2.45, 2.75) is 39.8 Å². The van der Waals surface area contributed by atoms with Gasteiger partial charge in [-0.05, 0) is 24.5 Å². The van der Waals surface area contributed by atoms with Crippen LogP contribution in [0.25, 0.3) is 0 Å². The lowest BCUT2D eigenvalue weighted by Gasteiger charge is -2.22. The van der Waals surface area contributed by atoms with Crippen LogP contribution in [0.5, 0.6) is 5.75 Å². The molecule has 0 aliphatic carbocycles. The number of carbonyl (C=O) groups is 1. The highest BCUT2D eigenvalue weighted by atomic mass is 16.5. The number of nitrogens with two attached hydrogens (primary N) is 1. The number of nitrogens with one attached hydrogen (secondary N) is 1. The van der Waals surface area contributed by atoms with E-state index in [9.17, 15) is 4.79 Å². The highest BCUT2D eigenvalue weighted by molar-refractivity contribution is 5.83. The Morgan fingerprint density at radius 2 is 2.04 bits per heavy atom. The number of rotatable bonds is 4. The average molecular weight is 326 g/mol. The third kappa shape index (κ3) is 3.18. The lowest BCUT2D eigenvalue weighted by molar-refractivity contribution is -0.119. The van der Waals surface area contributed by atoms with Crippen LogP contribution in [0.1, 0.15) is 36.5 Å². The second kappa shape index (κ2) is 6.47. The molecule has 3 N–H and O–H groups in total. The van der Waals surface area contributed by atoms with Gasteiger partial charge in [-0.15, -0.1) is 0 Å². The molecular weight excluding hydrogens is 304 g/mol. The minimum absolute atomic E-state index is 0.0581. The molecule has 0 spiro atoms. The smallest absolute Gasteiger partial charge is 0.240 e. The summed E-state index contributed by atoms with van der Waals surface area (Å²) >= 11 is 0. The Hall–Kier alpha value is -2.63. The van der Waals surface area contributed by atoms with Crippen LogP contribution in [0.15, 0.2) is 24.3 Å². The van der Waals surface area contributed by atoms with E-state index in [0.717, 1.165) is 22.6 Å². The van der Waals surface area contributed by atoms with Gasteiger partial charge in [0.1, 0.15) is 30.0 Å². The van der Waals surface area contributed by atoms with Gasteiger partial charge in [-0.2, -0.15) is 0 Å². The van der Waals surface area contributed by atoms with Crippen molar-refractivity contribution >= 4 is 11.7 Å². The summed E-state index contributed by atoms with van der Waals surface area (Å²) in [5.74, 6) is 1.82. The zero-order valence-corrected chi connectivity index (χ0v) is 14.2. The van der Waals surface area contributed by atoms with Crippen molar-refractivity contribution in [3.05, 3.63) is 46.9 Å². The summed E-state index contributed by atoms with van der Waals surface area (Å²) < 4.78 is 5.88. The highest BCUT2D eigenvalue weighted by Gasteiger charge is 2.25. The normalized spacial score (nSPS) is 14.2. The first kappa shape index (κ1) is 16.2. The van der Waals surface area contributed by atoms with Crippen LogP contribution in [-0.4, -0.2) is 21.9 Å². The molecule has 1 aromatic heterocycles. The molecule has 126 valence electrons. The van der Waals surface area contributed by atoms with Crippen LogP contribution in [0.3, 0.4) is 0 Å². The van der Waals surface area contributed by atoms with Crippen LogP contribution < -0.4 is 15.8 Å². The van der Waals surface area contributed by atoms with Crippen molar-refractivity contribution < 1.29 is 9.53 Å². The fourth-order valence-corrected chi connectivity index (χ4v) is 2.92. The molecule has 3 rings (SSSR count). The number of primary amides is 1. The van der Waals surface area contributed by atoms with E-state index in [1.165, 1.54) is 0 Å². The molecule has 6 heteroatoms. The summed E-state index contributed by atoms with van der Waals surface area (Å²) in [6.07, 6.45) is 0.650. The Morgan fingerprint density at radius 1 is 1.29 bits per heavy atom. The van der Waals surface area contributed by atoms with Gasteiger partial charge in [-0.25, -0.2) is 9.97 Å². The maximum absolute atomic E-state index is 11.8. The Balaban J connectivity index is 2.03. The Labute approximate surface area is 141 Å². The predicted octanol–water partition coefficient (Wildman–Crippen LogP) is 2.19. The average Bonchev–Trinajstić information content (AvgIpc) is 2.71. The van der Waals surface area contributed by atoms with Crippen molar-refractivity contribution in [2.24, 2.45) is 11.7 Å². The number of aryl methyl sites for hydroxylation is 1. The monoisotopic (exact) mass is 326 g/mol. The van der Waals surface area contributed by atoms with Gasteiger partial charge in [0, 0.05) is 12.0 Å². The van der Waals surface area contributed by atoms with Crippen molar-refractivity contribution in [1.82, 2.24) is 9.97 Å². The predicted molar refractivity (Wildman–Crippen MR) is 91.8 cm³/mol. The van der Waals surface area contributed by atoms with E-state index < -0.39 is 6.04 Å². The Bertz CT molecular complexity index is 774. The van der Waals surface area contributed by atoms with Gasteiger partial charge in [-0.1, -0.05) is 32.0 Å². The molecule has 1 aromatic carbocycles. The van der Waals surface area contributed by atoms with Gasteiger partial charge in [0.2, 0.25) is 5.91 Å². The minimum Gasteiger partial charge on any atom is -0.487 e. The van der Waals surface area contributed by atoms with Crippen LogP contribution >= 0.6 is 0 Å². The maximum Gasteiger partial charge on any atom is 0.240 e. The lowest BCUT2D eigenvalue weighted by Crippen LogP contribution is -2.40.